The topological polar surface area (TPSA) is 43.9 Å². The van der Waals surface area contributed by atoms with Gasteiger partial charge in [-0.25, -0.2) is 4.98 Å². The highest BCUT2D eigenvalue weighted by Crippen LogP contribution is 2.40. The highest BCUT2D eigenvalue weighted by Gasteiger charge is 2.43. The van der Waals surface area contributed by atoms with Gasteiger partial charge >= 0.3 is 0 Å². The van der Waals surface area contributed by atoms with Gasteiger partial charge in [-0.3, -0.25) is 0 Å². The number of hydrogen-bond donors (Lipinski definition) is 1. The number of unbranched alkanes of at least 4 members (excludes halogenated alkanes) is 1. The van der Waals surface area contributed by atoms with E-state index in [-0.39, 0.29) is 1.43 Å². The lowest BCUT2D eigenvalue weighted by molar-refractivity contribution is -0.0465. The maximum atomic E-state index is 5.60. The van der Waals surface area contributed by atoms with E-state index in [1.54, 1.807) is 0 Å². The Labute approximate surface area is 232 Å². The van der Waals surface area contributed by atoms with Crippen molar-refractivity contribution in [1.29, 1.82) is 0 Å². The first-order valence-corrected chi connectivity index (χ1v) is 15.5. The molecule has 2 fully saturated rings. The molecule has 1 spiro atoms. The third-order valence-corrected chi connectivity index (χ3v) is 7.26. The number of pyridine rings is 1. The number of likely N-dealkylation sites (tertiary alicyclic amines) is 2. The van der Waals surface area contributed by atoms with Crippen LogP contribution < -0.4 is 10.1 Å². The van der Waals surface area contributed by atoms with Crippen LogP contribution in [-0.4, -0.2) is 92.2 Å². The van der Waals surface area contributed by atoms with Crippen molar-refractivity contribution in [2.24, 2.45) is 5.41 Å². The average Bonchev–Trinajstić information content (AvgIpc) is 2.90. The van der Waals surface area contributed by atoms with Gasteiger partial charge in [0.2, 0.25) is 5.88 Å². The minimum Gasteiger partial charge on any atom is -0.478 e. The molecule has 1 aromatic rings. The summed E-state index contributed by atoms with van der Waals surface area (Å²) in [5.41, 5.74) is 1.97. The molecule has 0 bridgehead atoms. The molecule has 1 aromatic heterocycles. The zero-order chi connectivity index (χ0) is 27.4. The van der Waals surface area contributed by atoms with Gasteiger partial charge in [0.05, 0.1) is 6.61 Å². The van der Waals surface area contributed by atoms with Crippen LogP contribution in [-0.2, 0) is 6.54 Å². The maximum Gasteiger partial charge on any atom is 0.213 e. The molecule has 37 heavy (non-hydrogen) atoms. The second-order valence-corrected chi connectivity index (χ2v) is 10.7. The van der Waals surface area contributed by atoms with Crippen molar-refractivity contribution in [3.8, 4) is 5.88 Å². The second kappa shape index (κ2) is 20.7. The summed E-state index contributed by atoms with van der Waals surface area (Å²) in [5, 5.41) is 3.27. The predicted molar refractivity (Wildman–Crippen MR) is 163 cm³/mol. The van der Waals surface area contributed by atoms with Crippen molar-refractivity contribution in [2.45, 2.75) is 93.0 Å². The van der Waals surface area contributed by atoms with E-state index in [4.69, 9.17) is 4.74 Å². The standard InChI is InChI=1S/C15H27N3O.C14H28N2.C2H6.H2/c1-4-10-18(3)13-14-7-8-15(17-12-14)19-11-6-9-16-5-2;1-3-5-9-16-12-14(13-16)6-10-15(8-4-2)11-7-14;1-2;/h7-8,12,16H,4-6,9-11,13H2,1-3H3;3-13H2,1-2H3;1-2H3;1H. The van der Waals surface area contributed by atoms with Gasteiger partial charge in [-0.15, -0.1) is 0 Å². The van der Waals surface area contributed by atoms with Gasteiger partial charge in [-0.2, -0.15) is 0 Å². The molecule has 0 saturated carbocycles. The zero-order valence-corrected chi connectivity index (χ0v) is 25.7. The van der Waals surface area contributed by atoms with E-state index < -0.39 is 0 Å². The van der Waals surface area contributed by atoms with Crippen LogP contribution in [0, 0.1) is 5.41 Å². The first kappa shape index (κ1) is 33.8. The minimum absolute atomic E-state index is 0. The number of aromatic nitrogens is 1. The van der Waals surface area contributed by atoms with Crippen LogP contribution in [0.4, 0.5) is 0 Å². The Balaban J connectivity index is 0.000000666. The Bertz CT molecular complexity index is 637. The number of rotatable bonds is 15. The van der Waals surface area contributed by atoms with Crippen molar-refractivity contribution in [1.82, 2.24) is 25.0 Å². The van der Waals surface area contributed by atoms with Crippen LogP contribution in [0.3, 0.4) is 0 Å². The molecule has 0 radical (unpaired) electrons. The highest BCUT2D eigenvalue weighted by atomic mass is 16.5. The smallest absolute Gasteiger partial charge is 0.213 e. The summed E-state index contributed by atoms with van der Waals surface area (Å²) < 4.78 is 5.60. The first-order valence-electron chi connectivity index (χ1n) is 15.5. The molecule has 2 aliphatic rings. The molecule has 2 aliphatic heterocycles. The van der Waals surface area contributed by atoms with Crippen LogP contribution >= 0.6 is 0 Å². The van der Waals surface area contributed by atoms with E-state index in [9.17, 15) is 0 Å². The number of piperidine rings is 1. The summed E-state index contributed by atoms with van der Waals surface area (Å²) in [7, 11) is 2.13. The van der Waals surface area contributed by atoms with E-state index in [1.165, 1.54) is 83.4 Å². The summed E-state index contributed by atoms with van der Waals surface area (Å²) >= 11 is 0. The fourth-order valence-electron chi connectivity index (χ4n) is 5.24. The van der Waals surface area contributed by atoms with Crippen LogP contribution in [0.5, 0.6) is 5.88 Å². The molecule has 0 amide bonds. The molecular weight excluding hydrogens is 458 g/mol. The monoisotopic (exact) mass is 522 g/mol. The SMILES string of the molecule is CC.CCCCN1CC2(CCN(CCC)CC2)C1.CCCN(C)Cc1ccc(OCCCNCC)nc1.[HH]. The molecule has 3 heterocycles. The number of nitrogens with one attached hydrogen (secondary N) is 1. The van der Waals surface area contributed by atoms with Gasteiger partial charge in [-0.1, -0.05) is 54.0 Å². The Morgan fingerprint density at radius 3 is 2.27 bits per heavy atom. The lowest BCUT2D eigenvalue weighted by Crippen LogP contribution is -2.60. The molecule has 0 atom stereocenters. The van der Waals surface area contributed by atoms with Crippen molar-refractivity contribution in [3.63, 3.8) is 0 Å². The summed E-state index contributed by atoms with van der Waals surface area (Å²) in [6, 6.07) is 4.06. The van der Waals surface area contributed by atoms with Crippen LogP contribution in [0.1, 0.15) is 93.5 Å². The van der Waals surface area contributed by atoms with E-state index in [2.05, 4.69) is 65.8 Å². The molecular formula is C31H63N5O. The van der Waals surface area contributed by atoms with Crippen LogP contribution in [0.25, 0.3) is 0 Å². The summed E-state index contributed by atoms with van der Waals surface area (Å²) in [5.74, 6) is 0.721. The molecule has 2 saturated heterocycles. The summed E-state index contributed by atoms with van der Waals surface area (Å²) in [6.07, 6.45) is 11.0. The number of hydrogen-bond acceptors (Lipinski definition) is 6. The quantitative estimate of drug-likeness (QED) is 0.279. The third-order valence-electron chi connectivity index (χ3n) is 7.26. The fraction of sp³-hybridized carbons (Fsp3) is 0.839. The Morgan fingerprint density at radius 1 is 0.973 bits per heavy atom. The van der Waals surface area contributed by atoms with E-state index in [1.807, 2.05) is 26.1 Å². The molecule has 6 nitrogen and oxygen atoms in total. The van der Waals surface area contributed by atoms with E-state index >= 15 is 0 Å². The summed E-state index contributed by atoms with van der Waals surface area (Å²) in [4.78, 5) is 12.0. The molecule has 218 valence electrons. The Kier molecular flexibility index (Phi) is 18.9. The van der Waals surface area contributed by atoms with Gasteiger partial charge in [0.15, 0.2) is 0 Å². The zero-order valence-electron chi connectivity index (χ0n) is 25.7. The molecule has 6 heteroatoms. The van der Waals surface area contributed by atoms with Gasteiger partial charge in [0.1, 0.15) is 0 Å². The van der Waals surface area contributed by atoms with Crippen molar-refractivity contribution < 1.29 is 6.16 Å². The highest BCUT2D eigenvalue weighted by molar-refractivity contribution is 5.17. The molecule has 3 rings (SSSR count). The predicted octanol–water partition coefficient (Wildman–Crippen LogP) is 6.17. The fourth-order valence-corrected chi connectivity index (χ4v) is 5.24. The third kappa shape index (κ3) is 13.9. The lowest BCUT2D eigenvalue weighted by atomic mass is 9.72. The molecule has 1 N–H and O–H groups in total. The van der Waals surface area contributed by atoms with Crippen LogP contribution in [0.2, 0.25) is 0 Å². The minimum atomic E-state index is 0. The van der Waals surface area contributed by atoms with Gasteiger partial charge < -0.3 is 24.8 Å². The van der Waals surface area contributed by atoms with Crippen molar-refractivity contribution in [2.75, 3.05) is 72.6 Å². The normalized spacial score (nSPS) is 17.0. The lowest BCUT2D eigenvalue weighted by Gasteiger charge is -2.54. The van der Waals surface area contributed by atoms with Gasteiger partial charge in [0.25, 0.3) is 0 Å². The summed E-state index contributed by atoms with van der Waals surface area (Å²) in [6.45, 7) is 25.8. The second-order valence-electron chi connectivity index (χ2n) is 10.7. The average molecular weight is 522 g/mol. The van der Waals surface area contributed by atoms with Gasteiger partial charge in [-0.05, 0) is 102 Å². The molecule has 0 unspecified atom stereocenters. The van der Waals surface area contributed by atoms with Crippen LogP contribution in [0.15, 0.2) is 18.3 Å². The van der Waals surface area contributed by atoms with E-state index in [0.29, 0.717) is 0 Å². The molecule has 0 aromatic carbocycles. The Morgan fingerprint density at radius 2 is 1.70 bits per heavy atom. The molecule has 0 aliphatic carbocycles. The number of ether oxygens (including phenoxy) is 1. The number of nitrogens with zero attached hydrogens (tertiary/aromatic N) is 4. The van der Waals surface area contributed by atoms with E-state index in [0.717, 1.165) is 50.5 Å². The maximum absolute atomic E-state index is 5.60. The Hall–Kier alpha value is -1.21. The van der Waals surface area contributed by atoms with Crippen molar-refractivity contribution in [3.05, 3.63) is 23.9 Å². The van der Waals surface area contributed by atoms with Gasteiger partial charge in [0, 0.05) is 33.3 Å². The first-order chi connectivity index (χ1) is 18.0. The van der Waals surface area contributed by atoms with Crippen molar-refractivity contribution >= 4 is 0 Å². The largest absolute Gasteiger partial charge is 0.478 e.